The second kappa shape index (κ2) is 6.41. The molecule has 2 aliphatic carbocycles. The molecule has 0 radical (unpaired) electrons. The minimum absolute atomic E-state index is 0.0917. The molecule has 0 spiro atoms. The average molecular weight is 305 g/mol. The fourth-order valence-corrected chi connectivity index (χ4v) is 5.37. The molecule has 0 aromatic rings. The van der Waals surface area contributed by atoms with Gasteiger partial charge in [0, 0.05) is 19.7 Å². The van der Waals surface area contributed by atoms with Gasteiger partial charge in [0.15, 0.2) is 0 Å². The predicted octanol–water partition coefficient (Wildman–Crippen LogP) is 0.769. The largest absolute Gasteiger partial charge is 0.469 e. The number of methoxy groups -OCH3 is 2. The number of hydrogen-bond donors (Lipinski definition) is 0. The van der Waals surface area contributed by atoms with Gasteiger partial charge in [0.1, 0.15) is 0 Å². The Kier molecular flexibility index (Phi) is 5.04. The van der Waals surface area contributed by atoms with Crippen LogP contribution in [-0.4, -0.2) is 57.4 Å². The summed E-state index contributed by atoms with van der Waals surface area (Å²) in [6.45, 7) is 0.749. The molecule has 0 heterocycles. The fourth-order valence-electron chi connectivity index (χ4n) is 2.94. The number of ether oxygens (including phenoxy) is 2. The summed E-state index contributed by atoms with van der Waals surface area (Å²) in [6, 6.07) is 0.0917. The summed E-state index contributed by atoms with van der Waals surface area (Å²) in [7, 11) is -0.588. The van der Waals surface area contributed by atoms with Crippen molar-refractivity contribution in [1.82, 2.24) is 4.31 Å². The lowest BCUT2D eigenvalue weighted by molar-refractivity contribution is -0.145. The number of hydrogen-bond acceptors (Lipinski definition) is 5. The van der Waals surface area contributed by atoms with E-state index in [2.05, 4.69) is 0 Å². The number of carbonyl (C=O) groups is 1. The molecule has 0 saturated heterocycles. The molecule has 2 aliphatic rings. The van der Waals surface area contributed by atoms with E-state index < -0.39 is 27.2 Å². The molecule has 7 heteroatoms. The molecule has 0 amide bonds. The summed E-state index contributed by atoms with van der Waals surface area (Å²) in [5, 5.41) is -0.632. The quantitative estimate of drug-likeness (QED) is 0.650. The van der Waals surface area contributed by atoms with Crippen LogP contribution in [0.25, 0.3) is 0 Å². The van der Waals surface area contributed by atoms with Gasteiger partial charge in [0.2, 0.25) is 10.0 Å². The summed E-state index contributed by atoms with van der Waals surface area (Å²) >= 11 is 0. The van der Waals surface area contributed by atoms with Crippen LogP contribution in [0.1, 0.15) is 32.1 Å². The van der Waals surface area contributed by atoms with Gasteiger partial charge in [-0.3, -0.25) is 4.79 Å². The Morgan fingerprint density at radius 2 is 1.90 bits per heavy atom. The standard InChI is InChI=1S/C13H23NO5S/c1-18-9-8-14(10-6-7-10)20(16,17)12-5-3-4-11(12)13(15)19-2/h10-12H,3-9H2,1-2H3. The van der Waals surface area contributed by atoms with E-state index in [4.69, 9.17) is 9.47 Å². The Labute approximate surface area is 120 Å². The van der Waals surface area contributed by atoms with Crippen molar-refractivity contribution in [2.45, 2.75) is 43.4 Å². The van der Waals surface area contributed by atoms with E-state index >= 15 is 0 Å². The van der Waals surface area contributed by atoms with Crippen molar-refractivity contribution in [2.24, 2.45) is 5.92 Å². The molecule has 0 bridgehead atoms. The van der Waals surface area contributed by atoms with Gasteiger partial charge in [-0.05, 0) is 25.7 Å². The zero-order valence-corrected chi connectivity index (χ0v) is 12.9. The van der Waals surface area contributed by atoms with Crippen LogP contribution in [0.15, 0.2) is 0 Å². The third-order valence-corrected chi connectivity index (χ3v) is 6.60. The van der Waals surface area contributed by atoms with E-state index in [0.717, 1.165) is 19.3 Å². The lowest BCUT2D eigenvalue weighted by Gasteiger charge is -2.27. The number of esters is 1. The first-order chi connectivity index (χ1) is 9.52. The number of rotatable bonds is 7. The summed E-state index contributed by atoms with van der Waals surface area (Å²) < 4.78 is 36.9. The average Bonchev–Trinajstić information content (AvgIpc) is 3.12. The van der Waals surface area contributed by atoms with Gasteiger partial charge in [0.05, 0.1) is 24.9 Å². The second-order valence-electron chi connectivity index (χ2n) is 5.48. The molecule has 0 aromatic heterocycles. The molecular formula is C13H23NO5S. The number of sulfonamides is 1. The van der Waals surface area contributed by atoms with Crippen LogP contribution >= 0.6 is 0 Å². The van der Waals surface area contributed by atoms with E-state index in [1.54, 1.807) is 11.4 Å². The van der Waals surface area contributed by atoms with Gasteiger partial charge in [-0.1, -0.05) is 6.42 Å². The maximum Gasteiger partial charge on any atom is 0.310 e. The first kappa shape index (κ1) is 15.7. The summed E-state index contributed by atoms with van der Waals surface area (Å²) in [6.07, 6.45) is 3.70. The lowest BCUT2D eigenvalue weighted by atomic mass is 10.1. The zero-order valence-electron chi connectivity index (χ0n) is 12.1. The smallest absolute Gasteiger partial charge is 0.310 e. The van der Waals surface area contributed by atoms with E-state index in [0.29, 0.717) is 26.0 Å². The molecule has 0 aromatic carbocycles. The highest BCUT2D eigenvalue weighted by atomic mass is 32.2. The third-order valence-electron chi connectivity index (χ3n) is 4.14. The van der Waals surface area contributed by atoms with Crippen LogP contribution in [0.5, 0.6) is 0 Å². The molecule has 2 atom stereocenters. The number of carbonyl (C=O) groups excluding carboxylic acids is 1. The maximum atomic E-state index is 12.8. The van der Waals surface area contributed by atoms with E-state index in [9.17, 15) is 13.2 Å². The Bertz CT molecular complexity index is 446. The molecule has 2 saturated carbocycles. The Hall–Kier alpha value is -0.660. The van der Waals surface area contributed by atoms with Crippen molar-refractivity contribution in [1.29, 1.82) is 0 Å². The minimum atomic E-state index is -3.46. The Balaban J connectivity index is 2.16. The van der Waals surface area contributed by atoms with Crippen LogP contribution < -0.4 is 0 Å². The predicted molar refractivity (Wildman–Crippen MR) is 73.7 cm³/mol. The highest BCUT2D eigenvalue weighted by Crippen LogP contribution is 2.38. The monoisotopic (exact) mass is 305 g/mol. The maximum absolute atomic E-state index is 12.8. The first-order valence-corrected chi connectivity index (χ1v) is 8.60. The van der Waals surface area contributed by atoms with E-state index in [1.807, 2.05) is 0 Å². The summed E-state index contributed by atoms with van der Waals surface area (Å²) in [5.74, 6) is -0.924. The molecule has 0 N–H and O–H groups in total. The molecule has 20 heavy (non-hydrogen) atoms. The van der Waals surface area contributed by atoms with Crippen LogP contribution in [0, 0.1) is 5.92 Å². The van der Waals surface area contributed by atoms with Gasteiger partial charge in [0.25, 0.3) is 0 Å². The van der Waals surface area contributed by atoms with Gasteiger partial charge < -0.3 is 9.47 Å². The molecule has 2 unspecified atom stereocenters. The SMILES string of the molecule is COCCN(C1CC1)S(=O)(=O)C1CCCC1C(=O)OC. The molecule has 2 rings (SSSR count). The first-order valence-electron chi connectivity index (χ1n) is 7.09. The molecular weight excluding hydrogens is 282 g/mol. The van der Waals surface area contributed by atoms with Crippen molar-refractivity contribution in [3.8, 4) is 0 Å². The molecule has 2 fully saturated rings. The van der Waals surface area contributed by atoms with Crippen molar-refractivity contribution in [2.75, 3.05) is 27.4 Å². The van der Waals surface area contributed by atoms with Crippen molar-refractivity contribution in [3.05, 3.63) is 0 Å². The molecule has 0 aliphatic heterocycles. The van der Waals surface area contributed by atoms with Crippen LogP contribution in [0.4, 0.5) is 0 Å². The van der Waals surface area contributed by atoms with Gasteiger partial charge in [-0.25, -0.2) is 8.42 Å². The zero-order chi connectivity index (χ0) is 14.8. The lowest BCUT2D eigenvalue weighted by Crippen LogP contribution is -2.44. The van der Waals surface area contributed by atoms with Crippen LogP contribution in [-0.2, 0) is 24.3 Å². The van der Waals surface area contributed by atoms with Crippen LogP contribution in [0.2, 0.25) is 0 Å². The number of nitrogens with zero attached hydrogens (tertiary/aromatic N) is 1. The van der Waals surface area contributed by atoms with Crippen molar-refractivity contribution in [3.63, 3.8) is 0 Å². The van der Waals surface area contributed by atoms with Crippen molar-refractivity contribution >= 4 is 16.0 Å². The summed E-state index contributed by atoms with van der Waals surface area (Å²) in [4.78, 5) is 11.8. The van der Waals surface area contributed by atoms with E-state index in [-0.39, 0.29) is 6.04 Å². The topological polar surface area (TPSA) is 72.9 Å². The highest BCUT2D eigenvalue weighted by molar-refractivity contribution is 7.89. The van der Waals surface area contributed by atoms with Crippen molar-refractivity contribution < 1.29 is 22.7 Å². The Morgan fingerprint density at radius 1 is 1.20 bits per heavy atom. The second-order valence-corrected chi connectivity index (χ2v) is 7.58. The molecule has 6 nitrogen and oxygen atoms in total. The van der Waals surface area contributed by atoms with Gasteiger partial charge >= 0.3 is 5.97 Å². The van der Waals surface area contributed by atoms with Crippen LogP contribution in [0.3, 0.4) is 0 Å². The van der Waals surface area contributed by atoms with Gasteiger partial charge in [-0.15, -0.1) is 0 Å². The fraction of sp³-hybridized carbons (Fsp3) is 0.923. The highest BCUT2D eigenvalue weighted by Gasteiger charge is 2.48. The Morgan fingerprint density at radius 3 is 2.45 bits per heavy atom. The molecule has 116 valence electrons. The van der Waals surface area contributed by atoms with E-state index in [1.165, 1.54) is 7.11 Å². The third kappa shape index (κ3) is 3.15. The minimum Gasteiger partial charge on any atom is -0.469 e. The summed E-state index contributed by atoms with van der Waals surface area (Å²) in [5.41, 5.74) is 0. The van der Waals surface area contributed by atoms with Gasteiger partial charge in [-0.2, -0.15) is 4.31 Å². The normalized spacial score (nSPS) is 26.9.